The van der Waals surface area contributed by atoms with Gasteiger partial charge in [0.1, 0.15) is 0 Å². The maximum Gasteiger partial charge on any atom is 0.305 e. The molecule has 0 aliphatic carbocycles. The van der Waals surface area contributed by atoms with Crippen LogP contribution in [0.4, 0.5) is 0 Å². The van der Waals surface area contributed by atoms with Crippen LogP contribution in [0.2, 0.25) is 18.1 Å². The van der Waals surface area contributed by atoms with E-state index in [2.05, 4.69) is 45.5 Å². The first kappa shape index (κ1) is 26.0. The van der Waals surface area contributed by atoms with Crippen molar-refractivity contribution < 1.29 is 14.0 Å². The molecule has 1 atom stereocenters. The highest BCUT2D eigenvalue weighted by Crippen LogP contribution is 2.38. The zero-order chi connectivity index (χ0) is 20.1. The number of hydrogen-bond donors (Lipinski definition) is 0. The lowest BCUT2D eigenvalue weighted by atomic mass is 10.1. The van der Waals surface area contributed by atoms with Crippen molar-refractivity contribution in [2.24, 2.45) is 0 Å². The first-order valence-corrected chi connectivity index (χ1v) is 14.5. The number of carbonyl (C=O) groups excluding carboxylic acids is 1. The lowest BCUT2D eigenvalue weighted by molar-refractivity contribution is -0.140. The smallest absolute Gasteiger partial charge is 0.305 e. The van der Waals surface area contributed by atoms with Crippen molar-refractivity contribution in [1.29, 1.82) is 0 Å². The molecule has 0 aromatic heterocycles. The minimum Gasteiger partial charge on any atom is -0.469 e. The van der Waals surface area contributed by atoms with Crippen LogP contribution >= 0.6 is 11.8 Å². The van der Waals surface area contributed by atoms with Gasteiger partial charge in [0.15, 0.2) is 8.32 Å². The molecule has 0 rings (SSSR count). The van der Waals surface area contributed by atoms with E-state index in [9.17, 15) is 4.79 Å². The summed E-state index contributed by atoms with van der Waals surface area (Å²) < 4.78 is 11.4. The second-order valence-electron chi connectivity index (χ2n) is 8.81. The standard InChI is InChI=1S/C21H44O3SSi/c1-8-9-10-12-15-19(24-26(6,7)21(2,3)4)18-25-17-14-11-13-16-20(22)23-5/h19H,8-18H2,1-7H3. The van der Waals surface area contributed by atoms with Gasteiger partial charge in [-0.05, 0) is 43.1 Å². The van der Waals surface area contributed by atoms with E-state index in [4.69, 9.17) is 4.43 Å². The normalized spacial score (nSPS) is 13.7. The molecule has 0 saturated heterocycles. The highest BCUT2D eigenvalue weighted by molar-refractivity contribution is 7.99. The van der Waals surface area contributed by atoms with Crippen LogP contribution in [0, 0.1) is 0 Å². The molecule has 5 heteroatoms. The van der Waals surface area contributed by atoms with Gasteiger partial charge in [-0.3, -0.25) is 4.79 Å². The van der Waals surface area contributed by atoms with E-state index in [1.54, 1.807) is 0 Å². The number of ether oxygens (including phenoxy) is 1. The molecule has 3 nitrogen and oxygen atoms in total. The van der Waals surface area contributed by atoms with Crippen molar-refractivity contribution in [3.8, 4) is 0 Å². The molecular formula is C21H44O3SSi. The van der Waals surface area contributed by atoms with Crippen molar-refractivity contribution in [2.45, 2.75) is 110 Å². The summed E-state index contributed by atoms with van der Waals surface area (Å²) >= 11 is 2.02. The first-order chi connectivity index (χ1) is 12.1. The van der Waals surface area contributed by atoms with Crippen LogP contribution in [0.3, 0.4) is 0 Å². The van der Waals surface area contributed by atoms with Gasteiger partial charge >= 0.3 is 5.97 Å². The number of thioether (sulfide) groups is 1. The van der Waals surface area contributed by atoms with Gasteiger partial charge in [-0.2, -0.15) is 11.8 Å². The van der Waals surface area contributed by atoms with E-state index in [0.29, 0.717) is 12.5 Å². The average Bonchev–Trinajstić information content (AvgIpc) is 2.55. The van der Waals surface area contributed by atoms with Gasteiger partial charge in [0, 0.05) is 12.2 Å². The van der Waals surface area contributed by atoms with Gasteiger partial charge in [-0.1, -0.05) is 59.8 Å². The molecule has 0 aromatic carbocycles. The van der Waals surface area contributed by atoms with Crippen molar-refractivity contribution in [2.75, 3.05) is 18.6 Å². The Labute approximate surface area is 168 Å². The van der Waals surface area contributed by atoms with Crippen molar-refractivity contribution >= 4 is 26.0 Å². The van der Waals surface area contributed by atoms with Crippen molar-refractivity contribution in [3.63, 3.8) is 0 Å². The summed E-state index contributed by atoms with van der Waals surface area (Å²) in [7, 11) is -0.240. The number of methoxy groups -OCH3 is 1. The number of esters is 1. The van der Waals surface area contributed by atoms with Gasteiger partial charge in [-0.15, -0.1) is 0 Å². The number of unbranched alkanes of at least 4 members (excludes halogenated alkanes) is 5. The molecule has 0 radical (unpaired) electrons. The van der Waals surface area contributed by atoms with Crippen molar-refractivity contribution in [3.05, 3.63) is 0 Å². The summed E-state index contributed by atoms with van der Waals surface area (Å²) in [4.78, 5) is 11.1. The van der Waals surface area contributed by atoms with Gasteiger partial charge in [0.25, 0.3) is 0 Å². The Kier molecular flexibility index (Phi) is 14.1. The Morgan fingerprint density at radius 2 is 1.69 bits per heavy atom. The monoisotopic (exact) mass is 404 g/mol. The second-order valence-corrected chi connectivity index (χ2v) is 14.7. The van der Waals surface area contributed by atoms with Crippen LogP contribution in [0.5, 0.6) is 0 Å². The molecule has 0 N–H and O–H groups in total. The predicted molar refractivity (Wildman–Crippen MR) is 119 cm³/mol. The predicted octanol–water partition coefficient (Wildman–Crippen LogP) is 6.81. The van der Waals surface area contributed by atoms with Gasteiger partial charge in [0.2, 0.25) is 0 Å². The number of carbonyl (C=O) groups is 1. The molecule has 0 heterocycles. The summed E-state index contributed by atoms with van der Waals surface area (Å²) in [5.74, 6) is 2.18. The SMILES string of the molecule is CCCCCCC(CSCCCCCC(=O)OC)O[Si](C)(C)C(C)(C)C. The Morgan fingerprint density at radius 1 is 1.04 bits per heavy atom. The van der Waals surface area contributed by atoms with Gasteiger partial charge in [0.05, 0.1) is 13.2 Å². The Morgan fingerprint density at radius 3 is 2.27 bits per heavy atom. The fourth-order valence-electron chi connectivity index (χ4n) is 2.54. The Bertz CT molecular complexity index is 367. The van der Waals surface area contributed by atoms with Crippen LogP contribution in [0.25, 0.3) is 0 Å². The molecule has 0 spiro atoms. The fourth-order valence-corrected chi connectivity index (χ4v) is 5.12. The zero-order valence-corrected chi connectivity index (χ0v) is 20.3. The van der Waals surface area contributed by atoms with Crippen LogP contribution in [-0.2, 0) is 14.0 Å². The zero-order valence-electron chi connectivity index (χ0n) is 18.5. The molecule has 26 heavy (non-hydrogen) atoms. The summed E-state index contributed by atoms with van der Waals surface area (Å²) in [5.41, 5.74) is 0. The minimum absolute atomic E-state index is 0.0902. The third-order valence-electron chi connectivity index (χ3n) is 5.35. The molecule has 156 valence electrons. The Hall–Kier alpha value is -0.00312. The first-order valence-electron chi connectivity index (χ1n) is 10.5. The quantitative estimate of drug-likeness (QED) is 0.170. The summed E-state index contributed by atoms with van der Waals surface area (Å²) in [5, 5.41) is 0.271. The summed E-state index contributed by atoms with van der Waals surface area (Å²) in [6.45, 7) is 14.0. The fraction of sp³-hybridized carbons (Fsp3) is 0.952. The van der Waals surface area contributed by atoms with Crippen LogP contribution < -0.4 is 0 Å². The highest BCUT2D eigenvalue weighted by atomic mass is 32.2. The average molecular weight is 405 g/mol. The minimum atomic E-state index is -1.70. The van der Waals surface area contributed by atoms with Crippen LogP contribution in [0.1, 0.15) is 85.5 Å². The van der Waals surface area contributed by atoms with Gasteiger partial charge in [-0.25, -0.2) is 0 Å². The molecular weight excluding hydrogens is 360 g/mol. The lowest BCUT2D eigenvalue weighted by Crippen LogP contribution is -2.44. The van der Waals surface area contributed by atoms with Crippen molar-refractivity contribution in [1.82, 2.24) is 0 Å². The second kappa shape index (κ2) is 14.1. The molecule has 0 aliphatic rings. The molecule has 0 amide bonds. The van der Waals surface area contributed by atoms with E-state index in [1.165, 1.54) is 45.6 Å². The summed E-state index contributed by atoms with van der Waals surface area (Å²) in [6.07, 6.45) is 10.6. The van der Waals surface area contributed by atoms with E-state index in [-0.39, 0.29) is 11.0 Å². The number of rotatable bonds is 15. The molecule has 0 saturated carbocycles. The van der Waals surface area contributed by atoms with Crippen LogP contribution in [0.15, 0.2) is 0 Å². The largest absolute Gasteiger partial charge is 0.469 e. The molecule has 0 bridgehead atoms. The van der Waals surface area contributed by atoms with Gasteiger partial charge < -0.3 is 9.16 Å². The topological polar surface area (TPSA) is 35.5 Å². The number of hydrogen-bond acceptors (Lipinski definition) is 4. The molecule has 0 aromatic rings. The van der Waals surface area contributed by atoms with E-state index < -0.39 is 8.32 Å². The lowest BCUT2D eigenvalue weighted by Gasteiger charge is -2.39. The molecule has 0 fully saturated rings. The van der Waals surface area contributed by atoms with Crippen LogP contribution in [-0.4, -0.2) is 39.0 Å². The molecule has 1 unspecified atom stereocenters. The van der Waals surface area contributed by atoms with E-state index in [0.717, 1.165) is 24.3 Å². The third-order valence-corrected chi connectivity index (χ3v) is 11.1. The summed E-state index contributed by atoms with van der Waals surface area (Å²) in [6, 6.07) is 0. The maximum atomic E-state index is 11.1. The van der Waals surface area contributed by atoms with E-state index in [1.807, 2.05) is 11.8 Å². The highest BCUT2D eigenvalue weighted by Gasteiger charge is 2.38. The Balaban J connectivity index is 4.21. The molecule has 0 aliphatic heterocycles. The third kappa shape index (κ3) is 12.4. The maximum absolute atomic E-state index is 11.1. The van der Waals surface area contributed by atoms with E-state index >= 15 is 0 Å².